The molecule has 0 aromatic rings. The standard InChI is InChI=1S/C12H28N2O/c1-10(2)12(8-13)9-14(11(3)4)6-5-7-15/h10-12,15H,5-9,13H2,1-4H3. The molecule has 0 aromatic heterocycles. The molecule has 0 bridgehead atoms. The van der Waals surface area contributed by atoms with Crippen LogP contribution in [0.5, 0.6) is 0 Å². The summed E-state index contributed by atoms with van der Waals surface area (Å²) < 4.78 is 0. The minimum atomic E-state index is 0.276. The zero-order valence-electron chi connectivity index (χ0n) is 10.7. The summed E-state index contributed by atoms with van der Waals surface area (Å²) in [5, 5.41) is 8.85. The Morgan fingerprint density at radius 2 is 1.80 bits per heavy atom. The van der Waals surface area contributed by atoms with Gasteiger partial charge in [0, 0.05) is 25.7 Å². The topological polar surface area (TPSA) is 49.5 Å². The van der Waals surface area contributed by atoms with E-state index < -0.39 is 0 Å². The van der Waals surface area contributed by atoms with Crippen LogP contribution in [0.25, 0.3) is 0 Å². The van der Waals surface area contributed by atoms with Crippen molar-refractivity contribution in [2.45, 2.75) is 40.2 Å². The van der Waals surface area contributed by atoms with Crippen LogP contribution in [0.2, 0.25) is 0 Å². The molecule has 0 amide bonds. The Balaban J connectivity index is 4.12. The molecule has 3 N–H and O–H groups in total. The quantitative estimate of drug-likeness (QED) is 0.643. The van der Waals surface area contributed by atoms with E-state index in [1.54, 1.807) is 0 Å². The van der Waals surface area contributed by atoms with Gasteiger partial charge in [0.15, 0.2) is 0 Å². The molecule has 1 atom stereocenters. The van der Waals surface area contributed by atoms with Gasteiger partial charge in [0.05, 0.1) is 0 Å². The molecule has 3 heteroatoms. The zero-order valence-corrected chi connectivity index (χ0v) is 10.7. The highest BCUT2D eigenvalue weighted by Gasteiger charge is 2.17. The summed E-state index contributed by atoms with van der Waals surface area (Å²) in [5.74, 6) is 1.19. The molecule has 0 saturated heterocycles. The second-order valence-corrected chi connectivity index (χ2v) is 4.91. The minimum Gasteiger partial charge on any atom is -0.396 e. The molecule has 3 nitrogen and oxygen atoms in total. The van der Waals surface area contributed by atoms with Gasteiger partial charge in [-0.1, -0.05) is 13.8 Å². The van der Waals surface area contributed by atoms with Gasteiger partial charge in [-0.2, -0.15) is 0 Å². The molecule has 0 heterocycles. The molecule has 0 aliphatic heterocycles. The predicted molar refractivity (Wildman–Crippen MR) is 65.8 cm³/mol. The summed E-state index contributed by atoms with van der Waals surface area (Å²) >= 11 is 0. The molecule has 0 radical (unpaired) electrons. The maximum atomic E-state index is 8.85. The first kappa shape index (κ1) is 14.9. The molecule has 0 saturated carbocycles. The van der Waals surface area contributed by atoms with Gasteiger partial charge in [0.1, 0.15) is 0 Å². The fraction of sp³-hybridized carbons (Fsp3) is 1.00. The van der Waals surface area contributed by atoms with E-state index in [0.29, 0.717) is 17.9 Å². The number of nitrogens with two attached hydrogens (primary N) is 1. The van der Waals surface area contributed by atoms with E-state index in [-0.39, 0.29) is 6.61 Å². The molecule has 15 heavy (non-hydrogen) atoms. The van der Waals surface area contributed by atoms with Crippen LogP contribution < -0.4 is 5.73 Å². The lowest BCUT2D eigenvalue weighted by Gasteiger charge is -2.31. The van der Waals surface area contributed by atoms with Crippen molar-refractivity contribution < 1.29 is 5.11 Å². The Morgan fingerprint density at radius 3 is 2.13 bits per heavy atom. The number of hydrogen-bond donors (Lipinski definition) is 2. The van der Waals surface area contributed by atoms with Crippen LogP contribution in [0.4, 0.5) is 0 Å². The number of hydrogen-bond acceptors (Lipinski definition) is 3. The van der Waals surface area contributed by atoms with Gasteiger partial charge in [-0.05, 0) is 38.6 Å². The first-order valence-electron chi connectivity index (χ1n) is 6.07. The number of aliphatic hydroxyl groups excluding tert-OH is 1. The van der Waals surface area contributed by atoms with E-state index in [4.69, 9.17) is 10.8 Å². The third kappa shape index (κ3) is 6.13. The third-order valence-electron chi connectivity index (χ3n) is 3.05. The van der Waals surface area contributed by atoms with Crippen molar-refractivity contribution in [3.8, 4) is 0 Å². The van der Waals surface area contributed by atoms with Crippen LogP contribution in [0.1, 0.15) is 34.1 Å². The number of aliphatic hydroxyl groups is 1. The summed E-state index contributed by atoms with van der Waals surface area (Å²) in [7, 11) is 0. The first-order valence-corrected chi connectivity index (χ1v) is 6.07. The normalized spacial score (nSPS) is 14.2. The number of rotatable bonds is 8. The highest BCUT2D eigenvalue weighted by molar-refractivity contribution is 4.72. The fourth-order valence-corrected chi connectivity index (χ4v) is 1.69. The fourth-order valence-electron chi connectivity index (χ4n) is 1.69. The zero-order chi connectivity index (χ0) is 11.8. The minimum absolute atomic E-state index is 0.276. The molecule has 92 valence electrons. The van der Waals surface area contributed by atoms with Crippen LogP contribution in [-0.2, 0) is 0 Å². The van der Waals surface area contributed by atoms with Crippen LogP contribution in [0.3, 0.4) is 0 Å². The second kappa shape index (κ2) is 8.08. The largest absolute Gasteiger partial charge is 0.396 e. The van der Waals surface area contributed by atoms with Crippen LogP contribution in [0.15, 0.2) is 0 Å². The van der Waals surface area contributed by atoms with Crippen LogP contribution in [-0.4, -0.2) is 42.3 Å². The van der Waals surface area contributed by atoms with E-state index >= 15 is 0 Å². The Labute approximate surface area is 94.6 Å². The molecule has 0 rings (SSSR count). The molecule has 1 unspecified atom stereocenters. The van der Waals surface area contributed by atoms with Crippen LogP contribution in [0, 0.1) is 11.8 Å². The lowest BCUT2D eigenvalue weighted by molar-refractivity contribution is 0.153. The van der Waals surface area contributed by atoms with Crippen molar-refractivity contribution in [1.82, 2.24) is 4.90 Å². The van der Waals surface area contributed by atoms with Gasteiger partial charge in [-0.25, -0.2) is 0 Å². The van der Waals surface area contributed by atoms with Gasteiger partial charge in [0.2, 0.25) is 0 Å². The summed E-state index contributed by atoms with van der Waals surface area (Å²) in [6.07, 6.45) is 0.855. The van der Waals surface area contributed by atoms with E-state index in [9.17, 15) is 0 Å². The Morgan fingerprint density at radius 1 is 1.20 bits per heavy atom. The monoisotopic (exact) mass is 216 g/mol. The van der Waals surface area contributed by atoms with Crippen molar-refractivity contribution in [3.05, 3.63) is 0 Å². The Bertz CT molecular complexity index is 149. The van der Waals surface area contributed by atoms with Crippen LogP contribution >= 0.6 is 0 Å². The van der Waals surface area contributed by atoms with Gasteiger partial charge in [0.25, 0.3) is 0 Å². The van der Waals surface area contributed by atoms with E-state index in [2.05, 4.69) is 32.6 Å². The Hall–Kier alpha value is -0.120. The van der Waals surface area contributed by atoms with Crippen molar-refractivity contribution in [2.75, 3.05) is 26.2 Å². The van der Waals surface area contributed by atoms with Crippen molar-refractivity contribution >= 4 is 0 Å². The summed E-state index contributed by atoms with van der Waals surface area (Å²) in [6, 6.07) is 0.532. The summed E-state index contributed by atoms with van der Waals surface area (Å²) in [4.78, 5) is 2.41. The maximum Gasteiger partial charge on any atom is 0.0443 e. The van der Waals surface area contributed by atoms with Gasteiger partial charge < -0.3 is 15.7 Å². The maximum absolute atomic E-state index is 8.85. The SMILES string of the molecule is CC(C)C(CN)CN(CCCO)C(C)C. The molecular weight excluding hydrogens is 188 g/mol. The van der Waals surface area contributed by atoms with E-state index in [0.717, 1.165) is 26.1 Å². The van der Waals surface area contributed by atoms with Crippen molar-refractivity contribution in [2.24, 2.45) is 17.6 Å². The molecule has 0 fully saturated rings. The molecule has 0 aromatic carbocycles. The Kier molecular flexibility index (Phi) is 8.02. The van der Waals surface area contributed by atoms with E-state index in [1.807, 2.05) is 0 Å². The molecule has 0 spiro atoms. The second-order valence-electron chi connectivity index (χ2n) is 4.91. The highest BCUT2D eigenvalue weighted by atomic mass is 16.3. The number of nitrogens with zero attached hydrogens (tertiary/aromatic N) is 1. The first-order chi connectivity index (χ1) is 7.02. The summed E-state index contributed by atoms with van der Waals surface area (Å²) in [5.41, 5.74) is 5.77. The van der Waals surface area contributed by atoms with Crippen molar-refractivity contribution in [3.63, 3.8) is 0 Å². The van der Waals surface area contributed by atoms with Gasteiger partial charge >= 0.3 is 0 Å². The van der Waals surface area contributed by atoms with Crippen molar-refractivity contribution in [1.29, 1.82) is 0 Å². The highest BCUT2D eigenvalue weighted by Crippen LogP contribution is 2.13. The molecule has 0 aliphatic rings. The average Bonchev–Trinajstić information content (AvgIpc) is 2.17. The van der Waals surface area contributed by atoms with E-state index in [1.165, 1.54) is 0 Å². The average molecular weight is 216 g/mol. The van der Waals surface area contributed by atoms with Gasteiger partial charge in [-0.15, -0.1) is 0 Å². The molecule has 0 aliphatic carbocycles. The third-order valence-corrected chi connectivity index (χ3v) is 3.05. The smallest absolute Gasteiger partial charge is 0.0443 e. The lowest BCUT2D eigenvalue weighted by atomic mass is 9.95. The lowest BCUT2D eigenvalue weighted by Crippen LogP contribution is -2.40. The predicted octanol–water partition coefficient (Wildman–Crippen LogP) is 1.31. The summed E-state index contributed by atoms with van der Waals surface area (Å²) in [6.45, 7) is 11.9. The van der Waals surface area contributed by atoms with Gasteiger partial charge in [-0.3, -0.25) is 0 Å². The molecular formula is C12H28N2O.